The number of hydrogen-bond acceptors (Lipinski definition) is 6. The molecule has 0 aliphatic carbocycles. The fourth-order valence-electron chi connectivity index (χ4n) is 3.58. The van der Waals surface area contributed by atoms with Crippen LogP contribution in [0.3, 0.4) is 0 Å². The standard InChI is InChI=1S/C23H27NO5/c1-4-10-24(11-5-2)13-17-19(25)12-20(26)21-22(27)18(14-29-23(17)21)15-6-8-16(28-3)9-7-15/h6-9,12,14,25-26H,4-5,10-11,13H2,1-3H3. The predicted molar refractivity (Wildman–Crippen MR) is 114 cm³/mol. The Morgan fingerprint density at radius 2 is 1.69 bits per heavy atom. The molecule has 1 heterocycles. The van der Waals surface area contributed by atoms with Crippen LogP contribution in [0.15, 0.2) is 45.8 Å². The van der Waals surface area contributed by atoms with Crippen LogP contribution in [0.1, 0.15) is 32.3 Å². The molecule has 0 atom stereocenters. The van der Waals surface area contributed by atoms with Crippen LogP contribution in [0.2, 0.25) is 0 Å². The molecule has 0 radical (unpaired) electrons. The molecule has 0 bridgehead atoms. The normalized spacial score (nSPS) is 11.3. The van der Waals surface area contributed by atoms with Gasteiger partial charge in [-0.25, -0.2) is 0 Å². The summed E-state index contributed by atoms with van der Waals surface area (Å²) in [6, 6.07) is 8.27. The largest absolute Gasteiger partial charge is 0.507 e. The molecule has 154 valence electrons. The van der Waals surface area contributed by atoms with Gasteiger partial charge < -0.3 is 19.4 Å². The van der Waals surface area contributed by atoms with Gasteiger partial charge in [0.1, 0.15) is 34.5 Å². The summed E-state index contributed by atoms with van der Waals surface area (Å²) < 4.78 is 11.0. The van der Waals surface area contributed by atoms with E-state index in [-0.39, 0.29) is 27.9 Å². The van der Waals surface area contributed by atoms with E-state index in [0.29, 0.717) is 29.0 Å². The van der Waals surface area contributed by atoms with Gasteiger partial charge in [-0.3, -0.25) is 9.69 Å². The van der Waals surface area contributed by atoms with Crippen molar-refractivity contribution in [3.8, 4) is 28.4 Å². The van der Waals surface area contributed by atoms with Gasteiger partial charge in [-0.15, -0.1) is 0 Å². The van der Waals surface area contributed by atoms with Crippen molar-refractivity contribution in [3.63, 3.8) is 0 Å². The highest BCUT2D eigenvalue weighted by molar-refractivity contribution is 5.90. The van der Waals surface area contributed by atoms with Crippen molar-refractivity contribution >= 4 is 11.0 Å². The second-order valence-corrected chi connectivity index (χ2v) is 7.08. The van der Waals surface area contributed by atoms with E-state index in [1.807, 2.05) is 0 Å². The fraction of sp³-hybridized carbons (Fsp3) is 0.348. The van der Waals surface area contributed by atoms with Crippen LogP contribution in [0.25, 0.3) is 22.1 Å². The number of aromatic hydroxyl groups is 2. The number of methoxy groups -OCH3 is 1. The highest BCUT2D eigenvalue weighted by Gasteiger charge is 2.20. The van der Waals surface area contributed by atoms with E-state index in [1.54, 1.807) is 31.4 Å². The van der Waals surface area contributed by atoms with E-state index in [4.69, 9.17) is 9.15 Å². The summed E-state index contributed by atoms with van der Waals surface area (Å²) in [4.78, 5) is 15.4. The maximum absolute atomic E-state index is 13.2. The van der Waals surface area contributed by atoms with Crippen LogP contribution in [0.5, 0.6) is 17.2 Å². The van der Waals surface area contributed by atoms with Gasteiger partial charge in [0.25, 0.3) is 0 Å². The fourth-order valence-corrected chi connectivity index (χ4v) is 3.58. The summed E-state index contributed by atoms with van der Waals surface area (Å²) >= 11 is 0. The van der Waals surface area contributed by atoms with Crippen LogP contribution >= 0.6 is 0 Å². The van der Waals surface area contributed by atoms with Gasteiger partial charge in [-0.1, -0.05) is 26.0 Å². The van der Waals surface area contributed by atoms with Crippen molar-refractivity contribution in [1.29, 1.82) is 0 Å². The molecule has 0 unspecified atom stereocenters. The number of phenols is 2. The van der Waals surface area contributed by atoms with Crippen molar-refractivity contribution in [2.75, 3.05) is 20.2 Å². The first kappa shape index (κ1) is 20.7. The second-order valence-electron chi connectivity index (χ2n) is 7.08. The van der Waals surface area contributed by atoms with Gasteiger partial charge in [0.2, 0.25) is 5.43 Å². The molecule has 0 aliphatic rings. The average molecular weight is 397 g/mol. The van der Waals surface area contributed by atoms with E-state index in [9.17, 15) is 15.0 Å². The summed E-state index contributed by atoms with van der Waals surface area (Å²) in [6.07, 6.45) is 3.34. The number of phenolic OH excluding ortho intramolecular Hbond substituents is 2. The Hall–Kier alpha value is -2.99. The maximum Gasteiger partial charge on any atom is 0.204 e. The summed E-state index contributed by atoms with van der Waals surface area (Å²) in [5, 5.41) is 20.9. The van der Waals surface area contributed by atoms with Crippen LogP contribution in [0, 0.1) is 0 Å². The van der Waals surface area contributed by atoms with Gasteiger partial charge >= 0.3 is 0 Å². The SMILES string of the molecule is CCCN(CCC)Cc1c(O)cc(O)c2c(=O)c(-c3ccc(OC)cc3)coc12. The lowest BCUT2D eigenvalue weighted by Crippen LogP contribution is -2.25. The lowest BCUT2D eigenvalue weighted by Gasteiger charge is -2.22. The van der Waals surface area contributed by atoms with E-state index >= 15 is 0 Å². The van der Waals surface area contributed by atoms with Gasteiger partial charge in [-0.2, -0.15) is 0 Å². The molecule has 0 saturated carbocycles. The van der Waals surface area contributed by atoms with Crippen molar-refractivity contribution in [2.24, 2.45) is 0 Å². The first-order valence-electron chi connectivity index (χ1n) is 9.86. The smallest absolute Gasteiger partial charge is 0.204 e. The molecule has 2 N–H and O–H groups in total. The molecule has 6 heteroatoms. The highest BCUT2D eigenvalue weighted by Crippen LogP contribution is 2.35. The quantitative estimate of drug-likeness (QED) is 0.582. The van der Waals surface area contributed by atoms with E-state index in [0.717, 1.165) is 25.9 Å². The highest BCUT2D eigenvalue weighted by atomic mass is 16.5. The molecule has 2 aromatic carbocycles. The Kier molecular flexibility index (Phi) is 6.44. The first-order chi connectivity index (χ1) is 14.0. The number of hydrogen-bond donors (Lipinski definition) is 2. The monoisotopic (exact) mass is 397 g/mol. The van der Waals surface area contributed by atoms with Gasteiger partial charge in [-0.05, 0) is 43.6 Å². The zero-order valence-corrected chi connectivity index (χ0v) is 17.1. The number of ether oxygens (including phenoxy) is 1. The summed E-state index contributed by atoms with van der Waals surface area (Å²) in [7, 11) is 1.58. The minimum absolute atomic E-state index is 0.0763. The van der Waals surface area contributed by atoms with Crippen LogP contribution < -0.4 is 10.2 Å². The first-order valence-corrected chi connectivity index (χ1v) is 9.86. The van der Waals surface area contributed by atoms with Crippen molar-refractivity contribution in [1.82, 2.24) is 4.90 Å². The molecule has 1 aromatic heterocycles. The Balaban J connectivity index is 2.13. The number of benzene rings is 2. The minimum atomic E-state index is -0.340. The summed E-state index contributed by atoms with van der Waals surface area (Å²) in [5.74, 6) is 0.316. The topological polar surface area (TPSA) is 83.1 Å². The van der Waals surface area contributed by atoms with Gasteiger partial charge in [0, 0.05) is 12.6 Å². The minimum Gasteiger partial charge on any atom is -0.507 e. The van der Waals surface area contributed by atoms with E-state index in [1.165, 1.54) is 12.3 Å². The number of fused-ring (bicyclic) bond motifs is 1. The van der Waals surface area contributed by atoms with Crippen molar-refractivity contribution in [2.45, 2.75) is 33.2 Å². The molecular weight excluding hydrogens is 370 g/mol. The van der Waals surface area contributed by atoms with Crippen molar-refractivity contribution in [3.05, 3.63) is 52.4 Å². The molecule has 0 aliphatic heterocycles. The Bertz CT molecular complexity index is 1030. The third-order valence-corrected chi connectivity index (χ3v) is 4.97. The summed E-state index contributed by atoms with van der Waals surface area (Å²) in [6.45, 7) is 6.36. The van der Waals surface area contributed by atoms with E-state index in [2.05, 4.69) is 18.7 Å². The Labute approximate surface area is 170 Å². The van der Waals surface area contributed by atoms with Gasteiger partial charge in [0.05, 0.1) is 18.2 Å². The van der Waals surface area contributed by atoms with Gasteiger partial charge in [0.15, 0.2) is 0 Å². The zero-order chi connectivity index (χ0) is 21.0. The predicted octanol–water partition coefficient (Wildman–Crippen LogP) is 4.50. The summed E-state index contributed by atoms with van der Waals surface area (Å²) in [5.41, 5.74) is 1.40. The van der Waals surface area contributed by atoms with Crippen LogP contribution in [0.4, 0.5) is 0 Å². The molecule has 0 spiro atoms. The van der Waals surface area contributed by atoms with E-state index < -0.39 is 0 Å². The third kappa shape index (κ3) is 4.22. The maximum atomic E-state index is 13.2. The molecule has 0 amide bonds. The Morgan fingerprint density at radius 1 is 1.03 bits per heavy atom. The lowest BCUT2D eigenvalue weighted by molar-refractivity contribution is 0.262. The number of rotatable bonds is 8. The molecule has 6 nitrogen and oxygen atoms in total. The third-order valence-electron chi connectivity index (χ3n) is 4.97. The average Bonchev–Trinajstić information content (AvgIpc) is 2.71. The molecular formula is C23H27NO5. The Morgan fingerprint density at radius 3 is 2.28 bits per heavy atom. The molecule has 3 rings (SSSR count). The molecule has 29 heavy (non-hydrogen) atoms. The lowest BCUT2D eigenvalue weighted by atomic mass is 10.0. The molecule has 0 fully saturated rings. The van der Waals surface area contributed by atoms with Crippen molar-refractivity contribution < 1.29 is 19.4 Å². The van der Waals surface area contributed by atoms with Crippen LogP contribution in [-0.2, 0) is 6.54 Å². The number of nitrogens with zero attached hydrogens (tertiary/aromatic N) is 1. The molecule has 0 saturated heterocycles. The zero-order valence-electron chi connectivity index (χ0n) is 17.1. The molecule has 3 aromatic rings. The van der Waals surface area contributed by atoms with Crippen LogP contribution in [-0.4, -0.2) is 35.3 Å². The second kappa shape index (κ2) is 9.01.